The van der Waals surface area contributed by atoms with Gasteiger partial charge in [0.1, 0.15) is 5.60 Å². The molecule has 0 spiro atoms. The van der Waals surface area contributed by atoms with Crippen LogP contribution in [-0.2, 0) is 4.74 Å². The molecule has 1 atom stereocenters. The van der Waals surface area contributed by atoms with E-state index in [-0.39, 0.29) is 5.78 Å². The Kier molecular flexibility index (Phi) is 3.44. The van der Waals surface area contributed by atoms with Crippen molar-refractivity contribution in [2.45, 2.75) is 57.0 Å². The molecule has 2 heteroatoms. The number of carbonyl (C=O) groups excluding carboxylic acids is 1. The molecule has 1 aliphatic carbocycles. The van der Waals surface area contributed by atoms with E-state index in [0.717, 1.165) is 24.8 Å². The first kappa shape index (κ1) is 12.9. The summed E-state index contributed by atoms with van der Waals surface area (Å²) in [4.78, 5) is 12.9. The Morgan fingerprint density at radius 2 is 2.00 bits per heavy atom. The Balaban J connectivity index is 1.90. The van der Waals surface area contributed by atoms with Crippen LogP contribution in [-0.4, -0.2) is 18.0 Å². The average molecular weight is 258 g/mol. The fourth-order valence-corrected chi connectivity index (χ4v) is 3.18. The predicted molar refractivity (Wildman–Crippen MR) is 75.6 cm³/mol. The molecule has 1 aromatic rings. The van der Waals surface area contributed by atoms with Crippen molar-refractivity contribution in [1.82, 2.24) is 0 Å². The maximum atomic E-state index is 12.9. The molecule has 0 aromatic heterocycles. The number of ether oxygens (including phenoxy) is 1. The van der Waals surface area contributed by atoms with Gasteiger partial charge >= 0.3 is 0 Å². The third-order valence-electron chi connectivity index (χ3n) is 4.70. The van der Waals surface area contributed by atoms with Crippen LogP contribution < -0.4 is 0 Å². The lowest BCUT2D eigenvalue weighted by Crippen LogP contribution is -2.42. The fourth-order valence-electron chi connectivity index (χ4n) is 3.18. The van der Waals surface area contributed by atoms with Crippen LogP contribution in [0, 0.1) is 0 Å². The second-order valence-electron chi connectivity index (χ2n) is 6.08. The van der Waals surface area contributed by atoms with E-state index < -0.39 is 5.60 Å². The zero-order chi connectivity index (χ0) is 13.3. The predicted octanol–water partition coefficient (Wildman–Crippen LogP) is 4.10. The number of hydrogen-bond acceptors (Lipinski definition) is 2. The smallest absolute Gasteiger partial charge is 0.194 e. The van der Waals surface area contributed by atoms with Crippen molar-refractivity contribution in [3.8, 4) is 0 Å². The molecule has 1 aliphatic heterocycles. The largest absolute Gasteiger partial charge is 0.367 e. The normalized spacial score (nSPS) is 27.8. The molecule has 0 amide bonds. The Bertz CT molecular complexity index is 468. The summed E-state index contributed by atoms with van der Waals surface area (Å²) in [6, 6.07) is 8.14. The molecular formula is C17H22O2. The van der Waals surface area contributed by atoms with E-state index in [1.807, 2.05) is 19.1 Å². The third kappa shape index (κ3) is 2.34. The van der Waals surface area contributed by atoms with Gasteiger partial charge in [-0.15, -0.1) is 0 Å². The van der Waals surface area contributed by atoms with Gasteiger partial charge < -0.3 is 4.74 Å². The maximum absolute atomic E-state index is 12.9. The SMILES string of the molecule is CC1(C(=O)c2ccccc2C2CCC2)CCCCO1. The van der Waals surface area contributed by atoms with E-state index in [1.165, 1.54) is 24.8 Å². The lowest BCUT2D eigenvalue weighted by Gasteiger charge is -2.34. The third-order valence-corrected chi connectivity index (χ3v) is 4.70. The van der Waals surface area contributed by atoms with E-state index in [2.05, 4.69) is 12.1 Å². The summed E-state index contributed by atoms with van der Waals surface area (Å²) >= 11 is 0. The number of Topliss-reactive ketones (excluding diaryl/α,β-unsaturated/α-hetero) is 1. The summed E-state index contributed by atoms with van der Waals surface area (Å²) in [5, 5.41) is 0. The topological polar surface area (TPSA) is 26.3 Å². The lowest BCUT2D eigenvalue weighted by atomic mass is 9.75. The molecule has 2 nitrogen and oxygen atoms in total. The van der Waals surface area contributed by atoms with Gasteiger partial charge in [-0.25, -0.2) is 0 Å². The van der Waals surface area contributed by atoms with E-state index in [9.17, 15) is 4.79 Å². The van der Waals surface area contributed by atoms with Crippen LogP contribution >= 0.6 is 0 Å². The van der Waals surface area contributed by atoms with Crippen LogP contribution in [0.1, 0.15) is 67.3 Å². The van der Waals surface area contributed by atoms with Gasteiger partial charge in [-0.1, -0.05) is 30.7 Å². The van der Waals surface area contributed by atoms with Crippen molar-refractivity contribution in [2.75, 3.05) is 6.61 Å². The number of carbonyl (C=O) groups is 1. The summed E-state index contributed by atoms with van der Waals surface area (Å²) < 4.78 is 5.82. The molecule has 3 rings (SSSR count). The molecule has 2 fully saturated rings. The minimum Gasteiger partial charge on any atom is -0.367 e. The molecular weight excluding hydrogens is 236 g/mol. The quantitative estimate of drug-likeness (QED) is 0.763. The van der Waals surface area contributed by atoms with Crippen molar-refractivity contribution in [2.24, 2.45) is 0 Å². The molecule has 0 bridgehead atoms. The standard InChI is InChI=1S/C17H22O2/c1-17(11-4-5-12-19-17)16(18)15-10-3-2-9-14(15)13-7-6-8-13/h2-3,9-10,13H,4-8,11-12H2,1H3. The van der Waals surface area contributed by atoms with Crippen LogP contribution in [0.15, 0.2) is 24.3 Å². The van der Waals surface area contributed by atoms with E-state index in [4.69, 9.17) is 4.74 Å². The van der Waals surface area contributed by atoms with Gasteiger partial charge in [-0.3, -0.25) is 4.79 Å². The summed E-state index contributed by atoms with van der Waals surface area (Å²) in [5.74, 6) is 0.780. The number of benzene rings is 1. The van der Waals surface area contributed by atoms with E-state index in [1.54, 1.807) is 0 Å². The molecule has 1 heterocycles. The van der Waals surface area contributed by atoms with Gasteiger partial charge in [0.05, 0.1) is 0 Å². The first-order valence-electron chi connectivity index (χ1n) is 7.48. The maximum Gasteiger partial charge on any atom is 0.194 e. The molecule has 0 N–H and O–H groups in total. The monoisotopic (exact) mass is 258 g/mol. The van der Waals surface area contributed by atoms with Gasteiger partial charge in [-0.2, -0.15) is 0 Å². The van der Waals surface area contributed by atoms with Gasteiger partial charge in [0, 0.05) is 12.2 Å². The van der Waals surface area contributed by atoms with Crippen molar-refractivity contribution < 1.29 is 9.53 Å². The van der Waals surface area contributed by atoms with Crippen molar-refractivity contribution in [1.29, 1.82) is 0 Å². The van der Waals surface area contributed by atoms with Gasteiger partial charge in [0.15, 0.2) is 5.78 Å². The highest BCUT2D eigenvalue weighted by Gasteiger charge is 2.38. The van der Waals surface area contributed by atoms with E-state index >= 15 is 0 Å². The minimum absolute atomic E-state index is 0.190. The van der Waals surface area contributed by atoms with Crippen LogP contribution in [0.3, 0.4) is 0 Å². The van der Waals surface area contributed by atoms with Crippen molar-refractivity contribution >= 4 is 5.78 Å². The highest BCUT2D eigenvalue weighted by Crippen LogP contribution is 2.39. The highest BCUT2D eigenvalue weighted by atomic mass is 16.5. The first-order chi connectivity index (χ1) is 9.21. The molecule has 19 heavy (non-hydrogen) atoms. The van der Waals surface area contributed by atoms with Crippen LogP contribution in [0.5, 0.6) is 0 Å². The Labute approximate surface area is 115 Å². The number of rotatable bonds is 3. The Morgan fingerprint density at radius 1 is 1.21 bits per heavy atom. The Hall–Kier alpha value is -1.15. The van der Waals surface area contributed by atoms with Crippen molar-refractivity contribution in [3.05, 3.63) is 35.4 Å². The molecule has 1 saturated carbocycles. The Morgan fingerprint density at radius 3 is 2.63 bits per heavy atom. The molecule has 1 saturated heterocycles. The van der Waals surface area contributed by atoms with Crippen LogP contribution in [0.4, 0.5) is 0 Å². The highest BCUT2D eigenvalue weighted by molar-refractivity contribution is 6.03. The number of ketones is 1. The zero-order valence-electron chi connectivity index (χ0n) is 11.7. The molecule has 0 radical (unpaired) electrons. The molecule has 1 unspecified atom stereocenters. The first-order valence-corrected chi connectivity index (χ1v) is 7.48. The average Bonchev–Trinajstić information content (AvgIpc) is 2.37. The van der Waals surface area contributed by atoms with Crippen LogP contribution in [0.25, 0.3) is 0 Å². The summed E-state index contributed by atoms with van der Waals surface area (Å²) in [6.45, 7) is 2.68. The lowest BCUT2D eigenvalue weighted by molar-refractivity contribution is -0.0427. The zero-order valence-corrected chi connectivity index (χ0v) is 11.7. The van der Waals surface area contributed by atoms with E-state index in [0.29, 0.717) is 12.5 Å². The summed E-state index contributed by atoms with van der Waals surface area (Å²) in [7, 11) is 0. The molecule has 2 aliphatic rings. The van der Waals surface area contributed by atoms with Gasteiger partial charge in [0.25, 0.3) is 0 Å². The second kappa shape index (κ2) is 5.09. The molecule has 1 aromatic carbocycles. The number of hydrogen-bond donors (Lipinski definition) is 0. The van der Waals surface area contributed by atoms with Crippen LogP contribution in [0.2, 0.25) is 0 Å². The second-order valence-corrected chi connectivity index (χ2v) is 6.08. The van der Waals surface area contributed by atoms with Crippen molar-refractivity contribution in [3.63, 3.8) is 0 Å². The summed E-state index contributed by atoms with van der Waals surface area (Å²) in [5.41, 5.74) is 1.55. The van der Waals surface area contributed by atoms with Gasteiger partial charge in [-0.05, 0) is 50.5 Å². The van der Waals surface area contributed by atoms with Gasteiger partial charge in [0.2, 0.25) is 0 Å². The minimum atomic E-state index is -0.599. The summed E-state index contributed by atoms with van der Waals surface area (Å²) in [6.07, 6.45) is 6.76. The fraction of sp³-hybridized carbons (Fsp3) is 0.588. The molecule has 102 valence electrons.